The van der Waals surface area contributed by atoms with Gasteiger partial charge in [-0.15, -0.1) is 0 Å². The fourth-order valence-electron chi connectivity index (χ4n) is 2.55. The van der Waals surface area contributed by atoms with Crippen LogP contribution in [0.3, 0.4) is 0 Å². The van der Waals surface area contributed by atoms with Gasteiger partial charge in [0.15, 0.2) is 11.3 Å². The maximum Gasteiger partial charge on any atom is 0.441 e. The zero-order chi connectivity index (χ0) is 23.3. The molecule has 0 spiro atoms. The van der Waals surface area contributed by atoms with Gasteiger partial charge in [-0.05, 0) is 48.5 Å². The first-order valence-corrected chi connectivity index (χ1v) is 9.07. The zero-order valence-corrected chi connectivity index (χ0v) is 17.3. The van der Waals surface area contributed by atoms with Gasteiger partial charge in [0.2, 0.25) is 0 Å². The summed E-state index contributed by atoms with van der Waals surface area (Å²) in [5, 5.41) is 0. The summed E-state index contributed by atoms with van der Waals surface area (Å²) in [6, 6.07) is 12.0. The number of aromatic nitrogens is 2. The smallest absolute Gasteiger partial charge is 0.441 e. The Bertz CT molecular complexity index is 1260. The quantitative estimate of drug-likeness (QED) is 0.609. The molecule has 11 heteroatoms. The highest BCUT2D eigenvalue weighted by molar-refractivity contribution is 5.73. The van der Waals surface area contributed by atoms with Crippen molar-refractivity contribution in [1.82, 2.24) is 9.13 Å². The SMILES string of the molecule is COc1ccc(OC(=O)N=c2c(F)cn(C(=O)Oc3ccc(OC)cc3)c(=O)n2C)cc1. The molecule has 3 rings (SSSR count). The summed E-state index contributed by atoms with van der Waals surface area (Å²) in [6.07, 6.45) is -1.74. The van der Waals surface area contributed by atoms with Crippen LogP contribution in [0.5, 0.6) is 23.0 Å². The maximum atomic E-state index is 14.6. The molecule has 2 aromatic carbocycles. The van der Waals surface area contributed by atoms with Gasteiger partial charge < -0.3 is 18.9 Å². The lowest BCUT2D eigenvalue weighted by atomic mass is 10.3. The predicted molar refractivity (Wildman–Crippen MR) is 109 cm³/mol. The van der Waals surface area contributed by atoms with Crippen LogP contribution in [-0.4, -0.2) is 35.5 Å². The van der Waals surface area contributed by atoms with Crippen LogP contribution in [0, 0.1) is 5.82 Å². The molecule has 0 aliphatic heterocycles. The average Bonchev–Trinajstić information content (AvgIpc) is 2.80. The van der Waals surface area contributed by atoms with E-state index in [1.54, 1.807) is 24.3 Å². The van der Waals surface area contributed by atoms with E-state index in [4.69, 9.17) is 18.9 Å². The van der Waals surface area contributed by atoms with E-state index in [1.807, 2.05) is 0 Å². The van der Waals surface area contributed by atoms with Gasteiger partial charge in [-0.3, -0.25) is 4.57 Å². The molecule has 1 heterocycles. The molecule has 32 heavy (non-hydrogen) atoms. The third-order valence-electron chi connectivity index (χ3n) is 4.19. The molecule has 0 aliphatic carbocycles. The lowest BCUT2D eigenvalue weighted by molar-refractivity contribution is 0.199. The number of nitrogens with zero attached hydrogens (tertiary/aromatic N) is 3. The Balaban J connectivity index is 1.84. The molecule has 0 fully saturated rings. The Morgan fingerprint density at radius 3 is 1.81 bits per heavy atom. The Morgan fingerprint density at radius 1 is 0.844 bits per heavy atom. The summed E-state index contributed by atoms with van der Waals surface area (Å²) in [6.45, 7) is 0. The minimum Gasteiger partial charge on any atom is -0.497 e. The number of hydrogen-bond donors (Lipinski definition) is 0. The summed E-state index contributed by atoms with van der Waals surface area (Å²) < 4.78 is 35.7. The predicted octanol–water partition coefficient (Wildman–Crippen LogP) is 2.49. The van der Waals surface area contributed by atoms with Crippen molar-refractivity contribution in [2.24, 2.45) is 12.0 Å². The number of halogens is 1. The fraction of sp³-hybridized carbons (Fsp3) is 0.143. The molecule has 1 amide bonds. The number of hydrogen-bond acceptors (Lipinski definition) is 7. The molecule has 0 saturated carbocycles. The number of amides is 1. The van der Waals surface area contributed by atoms with Gasteiger partial charge in [-0.2, -0.15) is 9.56 Å². The Hall–Kier alpha value is -4.41. The van der Waals surface area contributed by atoms with Gasteiger partial charge in [-0.1, -0.05) is 0 Å². The van der Waals surface area contributed by atoms with Gasteiger partial charge in [-0.25, -0.2) is 18.8 Å². The van der Waals surface area contributed by atoms with Gasteiger partial charge in [0.25, 0.3) is 0 Å². The normalized spacial score (nSPS) is 11.1. The van der Waals surface area contributed by atoms with Crippen molar-refractivity contribution < 1.29 is 32.9 Å². The summed E-state index contributed by atoms with van der Waals surface area (Å²) in [5.74, 6) is 0.211. The number of carbonyl (C=O) groups excluding carboxylic acids is 2. The number of carbonyl (C=O) groups is 2. The van der Waals surface area contributed by atoms with Crippen LogP contribution in [0.25, 0.3) is 0 Å². The topological polar surface area (TPSA) is 110 Å². The fourth-order valence-corrected chi connectivity index (χ4v) is 2.55. The van der Waals surface area contributed by atoms with Crippen LogP contribution in [0.1, 0.15) is 0 Å². The molecular weight excluding hydrogens is 425 g/mol. The molecule has 3 aromatic rings. The second-order valence-electron chi connectivity index (χ2n) is 6.21. The first kappa shape index (κ1) is 22.3. The summed E-state index contributed by atoms with van der Waals surface area (Å²) in [7, 11) is 4.10. The van der Waals surface area contributed by atoms with Crippen molar-refractivity contribution in [3.63, 3.8) is 0 Å². The first-order valence-electron chi connectivity index (χ1n) is 9.07. The Labute approximate surface area is 180 Å². The van der Waals surface area contributed by atoms with Crippen molar-refractivity contribution in [3.05, 3.63) is 76.5 Å². The number of ether oxygens (including phenoxy) is 4. The van der Waals surface area contributed by atoms with Crippen molar-refractivity contribution in [2.75, 3.05) is 14.2 Å². The van der Waals surface area contributed by atoms with Crippen molar-refractivity contribution in [1.29, 1.82) is 0 Å². The maximum absolute atomic E-state index is 14.6. The average molecular weight is 443 g/mol. The third-order valence-corrected chi connectivity index (χ3v) is 4.19. The lowest BCUT2D eigenvalue weighted by Crippen LogP contribution is -2.43. The van der Waals surface area contributed by atoms with Gasteiger partial charge in [0.05, 0.1) is 20.4 Å². The highest BCUT2D eigenvalue weighted by atomic mass is 19.1. The number of methoxy groups -OCH3 is 2. The molecule has 166 valence electrons. The van der Waals surface area contributed by atoms with Crippen molar-refractivity contribution in [3.8, 4) is 23.0 Å². The van der Waals surface area contributed by atoms with E-state index in [0.29, 0.717) is 26.8 Å². The minimum absolute atomic E-state index is 0.114. The molecule has 0 atom stereocenters. The highest BCUT2D eigenvalue weighted by Crippen LogP contribution is 2.18. The second kappa shape index (κ2) is 9.60. The van der Waals surface area contributed by atoms with E-state index in [0.717, 1.165) is 7.05 Å². The van der Waals surface area contributed by atoms with E-state index in [9.17, 15) is 18.8 Å². The Morgan fingerprint density at radius 2 is 1.31 bits per heavy atom. The zero-order valence-electron chi connectivity index (χ0n) is 17.3. The van der Waals surface area contributed by atoms with Crippen LogP contribution in [0.4, 0.5) is 14.0 Å². The summed E-state index contributed by atoms with van der Waals surface area (Å²) in [4.78, 5) is 40.3. The third kappa shape index (κ3) is 5.01. The summed E-state index contributed by atoms with van der Waals surface area (Å²) in [5.41, 5.74) is -1.61. The van der Waals surface area contributed by atoms with Crippen molar-refractivity contribution >= 4 is 12.2 Å². The van der Waals surface area contributed by atoms with Gasteiger partial charge in [0.1, 0.15) is 23.0 Å². The molecule has 0 radical (unpaired) electrons. The summed E-state index contributed by atoms with van der Waals surface area (Å²) >= 11 is 0. The molecule has 0 N–H and O–H groups in total. The molecule has 1 aromatic heterocycles. The second-order valence-corrected chi connectivity index (χ2v) is 6.21. The van der Waals surface area contributed by atoms with Crippen LogP contribution in [-0.2, 0) is 7.05 Å². The van der Waals surface area contributed by atoms with E-state index in [1.165, 1.54) is 38.5 Å². The van der Waals surface area contributed by atoms with E-state index < -0.39 is 29.2 Å². The van der Waals surface area contributed by atoms with Gasteiger partial charge >= 0.3 is 17.9 Å². The standard InChI is InChI=1S/C21H18FN3O7/c1-24-18(23-19(26)31-15-8-4-13(29-2)5-9-15)17(22)12-25(20(24)27)21(28)32-16-10-6-14(30-3)7-11-16/h4-12H,1-3H3. The first-order chi connectivity index (χ1) is 15.3. The molecule has 0 unspecified atom stereocenters. The van der Waals surface area contributed by atoms with Crippen LogP contribution < -0.4 is 30.1 Å². The monoisotopic (exact) mass is 443 g/mol. The lowest BCUT2D eigenvalue weighted by Gasteiger charge is -2.09. The number of benzene rings is 2. The molecule has 0 aliphatic rings. The molecular formula is C21H18FN3O7. The van der Waals surface area contributed by atoms with Crippen LogP contribution in [0.2, 0.25) is 0 Å². The van der Waals surface area contributed by atoms with Crippen molar-refractivity contribution in [2.45, 2.75) is 0 Å². The largest absolute Gasteiger partial charge is 0.497 e. The van der Waals surface area contributed by atoms with Gasteiger partial charge in [0, 0.05) is 7.05 Å². The van der Waals surface area contributed by atoms with E-state index in [-0.39, 0.29) is 11.5 Å². The molecule has 10 nitrogen and oxygen atoms in total. The van der Waals surface area contributed by atoms with E-state index in [2.05, 4.69) is 4.99 Å². The number of rotatable bonds is 4. The molecule has 0 bridgehead atoms. The minimum atomic E-state index is -1.16. The van der Waals surface area contributed by atoms with E-state index >= 15 is 0 Å². The Kier molecular flexibility index (Phi) is 6.68. The molecule has 0 saturated heterocycles. The highest BCUT2D eigenvalue weighted by Gasteiger charge is 2.16. The van der Waals surface area contributed by atoms with Crippen LogP contribution in [0.15, 0.2) is 64.5 Å². The van der Waals surface area contributed by atoms with Crippen LogP contribution >= 0.6 is 0 Å².